The molecule has 0 rings (SSSR count). The minimum Gasteiger partial charge on any atom is -0.480 e. The van der Waals surface area contributed by atoms with Crippen molar-refractivity contribution in [2.45, 2.75) is 57.3 Å². The molecule has 0 saturated carbocycles. The van der Waals surface area contributed by atoms with Crippen LogP contribution in [-0.2, 0) is 33.6 Å². The second-order valence-corrected chi connectivity index (χ2v) is 9.05. The van der Waals surface area contributed by atoms with Gasteiger partial charge in [0, 0.05) is 12.2 Å². The molecule has 0 bridgehead atoms. The van der Waals surface area contributed by atoms with Gasteiger partial charge in [0.15, 0.2) is 0 Å². The summed E-state index contributed by atoms with van der Waals surface area (Å²) in [5, 5.41) is 29.7. The summed E-state index contributed by atoms with van der Waals surface area (Å²) in [7, 11) is 0. The van der Waals surface area contributed by atoms with Crippen molar-refractivity contribution < 1.29 is 43.8 Å². The Hall–Kier alpha value is -3.44. The highest BCUT2D eigenvalue weighted by molar-refractivity contribution is 7.80. The van der Waals surface area contributed by atoms with Crippen LogP contribution in [0.5, 0.6) is 0 Å². The van der Waals surface area contributed by atoms with E-state index in [4.69, 9.17) is 16.6 Å². The number of amides is 6. The van der Waals surface area contributed by atoms with Crippen LogP contribution in [0, 0.1) is 5.92 Å². The van der Waals surface area contributed by atoms with E-state index in [-0.39, 0.29) is 30.9 Å². The summed E-state index contributed by atoms with van der Waals surface area (Å²) in [5.74, 6) is -6.14. The topological polar surface area (TPSA) is 272 Å². The highest BCUT2D eigenvalue weighted by Crippen LogP contribution is 2.05. The molecule has 6 amide bonds. The van der Waals surface area contributed by atoms with E-state index < -0.39 is 85.3 Å². The third-order valence-corrected chi connectivity index (χ3v) is 5.24. The first-order chi connectivity index (χ1) is 17.7. The van der Waals surface area contributed by atoms with E-state index in [0.29, 0.717) is 0 Å². The lowest BCUT2D eigenvalue weighted by Crippen LogP contribution is -2.55. The first-order valence-corrected chi connectivity index (χ1v) is 12.3. The average Bonchev–Trinajstić information content (AvgIpc) is 2.84. The standard InChI is InChI=1S/C21H37N7O9S/c1-10(2)5-12(19(34)24-7-17(32)27-14(9-38)21(36)37)26-16(31)6-25-20(35)13(8-29)28-18(33)11(22)3-4-15(23)30/h10-14,29,38H,3-9,22H2,1-2H3,(H2,23,30)(H,24,34)(H,25,35)(H,26,31)(H,27,32)(H,28,33)(H,36,37). The molecule has 11 N–H and O–H groups in total. The van der Waals surface area contributed by atoms with Gasteiger partial charge in [0.25, 0.3) is 0 Å². The van der Waals surface area contributed by atoms with Crippen LogP contribution in [-0.4, -0.2) is 101 Å². The van der Waals surface area contributed by atoms with E-state index in [1.807, 2.05) is 0 Å². The normalized spacial score (nSPS) is 13.8. The fourth-order valence-electron chi connectivity index (χ4n) is 2.86. The van der Waals surface area contributed by atoms with Gasteiger partial charge in [0.1, 0.15) is 18.1 Å². The third kappa shape index (κ3) is 14.3. The number of primary amides is 1. The summed E-state index contributed by atoms with van der Waals surface area (Å²) in [4.78, 5) is 82.9. The summed E-state index contributed by atoms with van der Waals surface area (Å²) >= 11 is 3.82. The molecular formula is C21H37N7O9S. The summed E-state index contributed by atoms with van der Waals surface area (Å²) < 4.78 is 0. The highest BCUT2D eigenvalue weighted by Gasteiger charge is 2.26. The van der Waals surface area contributed by atoms with Gasteiger partial charge in [-0.1, -0.05) is 13.8 Å². The minimum atomic E-state index is -1.44. The summed E-state index contributed by atoms with van der Waals surface area (Å²) in [6, 6.07) is -4.91. The Labute approximate surface area is 224 Å². The molecule has 0 fully saturated rings. The highest BCUT2D eigenvalue weighted by atomic mass is 32.1. The van der Waals surface area contributed by atoms with Gasteiger partial charge in [-0.15, -0.1) is 0 Å². The van der Waals surface area contributed by atoms with E-state index in [1.165, 1.54) is 0 Å². The van der Waals surface area contributed by atoms with E-state index in [9.17, 15) is 38.7 Å². The molecule has 0 aliphatic heterocycles. The van der Waals surface area contributed by atoms with Gasteiger partial charge in [0.2, 0.25) is 35.4 Å². The van der Waals surface area contributed by atoms with Gasteiger partial charge < -0.3 is 48.3 Å². The van der Waals surface area contributed by atoms with Gasteiger partial charge in [-0.3, -0.25) is 28.8 Å². The molecule has 0 aromatic rings. The predicted molar refractivity (Wildman–Crippen MR) is 136 cm³/mol. The van der Waals surface area contributed by atoms with Crippen LogP contribution in [0.4, 0.5) is 0 Å². The lowest BCUT2D eigenvalue weighted by molar-refractivity contribution is -0.141. The number of aliphatic hydroxyl groups is 1. The van der Waals surface area contributed by atoms with Crippen LogP contribution >= 0.6 is 12.6 Å². The first kappa shape index (κ1) is 34.6. The molecule has 0 saturated heterocycles. The molecule has 0 aliphatic carbocycles. The quantitative estimate of drug-likeness (QED) is 0.0712. The smallest absolute Gasteiger partial charge is 0.327 e. The van der Waals surface area contributed by atoms with Crippen LogP contribution < -0.4 is 38.1 Å². The van der Waals surface area contributed by atoms with Gasteiger partial charge in [-0.2, -0.15) is 12.6 Å². The molecule has 16 nitrogen and oxygen atoms in total. The van der Waals surface area contributed by atoms with Crippen LogP contribution in [0.25, 0.3) is 0 Å². The number of aliphatic hydroxyl groups excluding tert-OH is 1. The number of nitrogens with two attached hydrogens (primary N) is 2. The fraction of sp³-hybridized carbons (Fsp3) is 0.667. The Morgan fingerprint density at radius 2 is 1.32 bits per heavy atom. The molecule has 4 atom stereocenters. The fourth-order valence-corrected chi connectivity index (χ4v) is 3.11. The monoisotopic (exact) mass is 563 g/mol. The molecule has 0 heterocycles. The van der Waals surface area contributed by atoms with Crippen molar-refractivity contribution in [3.63, 3.8) is 0 Å². The molecule has 0 aromatic heterocycles. The number of nitrogens with one attached hydrogen (secondary N) is 5. The Bertz CT molecular complexity index is 872. The van der Waals surface area contributed by atoms with Crippen molar-refractivity contribution in [2.75, 3.05) is 25.4 Å². The van der Waals surface area contributed by atoms with E-state index in [1.54, 1.807) is 13.8 Å². The summed E-state index contributed by atoms with van der Waals surface area (Å²) in [6.45, 7) is 1.61. The Morgan fingerprint density at radius 1 is 0.816 bits per heavy atom. The number of aliphatic carboxylic acids is 1. The van der Waals surface area contributed by atoms with Gasteiger partial charge in [0.05, 0.1) is 25.7 Å². The zero-order valence-electron chi connectivity index (χ0n) is 21.2. The van der Waals surface area contributed by atoms with Crippen LogP contribution in [0.2, 0.25) is 0 Å². The lowest BCUT2D eigenvalue weighted by atomic mass is 10.0. The zero-order valence-corrected chi connectivity index (χ0v) is 22.1. The van der Waals surface area contributed by atoms with Crippen molar-refractivity contribution in [1.82, 2.24) is 26.6 Å². The maximum absolute atomic E-state index is 12.5. The second-order valence-electron chi connectivity index (χ2n) is 8.68. The maximum Gasteiger partial charge on any atom is 0.327 e. The first-order valence-electron chi connectivity index (χ1n) is 11.6. The number of carboxylic acids is 1. The average molecular weight is 564 g/mol. The molecule has 0 aliphatic rings. The number of thiol groups is 1. The van der Waals surface area contributed by atoms with E-state index >= 15 is 0 Å². The maximum atomic E-state index is 12.5. The summed E-state index contributed by atoms with van der Waals surface area (Å²) in [6.07, 6.45) is -0.0429. The van der Waals surface area contributed by atoms with Crippen molar-refractivity contribution in [3.05, 3.63) is 0 Å². The zero-order chi connectivity index (χ0) is 29.4. The second kappa shape index (κ2) is 17.9. The number of carboxylic acid groups (broad SMARTS) is 1. The predicted octanol–water partition coefficient (Wildman–Crippen LogP) is -4.68. The Kier molecular flexibility index (Phi) is 16.3. The lowest BCUT2D eigenvalue weighted by Gasteiger charge is -2.21. The van der Waals surface area contributed by atoms with Crippen molar-refractivity contribution >= 4 is 54.0 Å². The number of carbonyl (C=O) groups is 7. The third-order valence-electron chi connectivity index (χ3n) is 4.88. The van der Waals surface area contributed by atoms with Crippen LogP contribution in [0.3, 0.4) is 0 Å². The SMILES string of the molecule is CC(C)CC(NC(=O)CNC(=O)C(CO)NC(=O)C(N)CCC(N)=O)C(=O)NCC(=O)NC(CS)C(=O)O. The Morgan fingerprint density at radius 3 is 1.74 bits per heavy atom. The van der Waals surface area contributed by atoms with Crippen molar-refractivity contribution in [1.29, 1.82) is 0 Å². The molecule has 0 radical (unpaired) electrons. The largest absolute Gasteiger partial charge is 0.480 e. The van der Waals surface area contributed by atoms with Gasteiger partial charge in [-0.25, -0.2) is 4.79 Å². The number of carbonyl (C=O) groups excluding carboxylic acids is 6. The molecule has 17 heteroatoms. The van der Waals surface area contributed by atoms with E-state index in [0.717, 1.165) is 0 Å². The summed E-state index contributed by atoms with van der Waals surface area (Å²) in [5.41, 5.74) is 10.6. The molecule has 38 heavy (non-hydrogen) atoms. The molecule has 0 aromatic carbocycles. The van der Waals surface area contributed by atoms with Crippen molar-refractivity contribution in [2.24, 2.45) is 17.4 Å². The number of hydrogen-bond donors (Lipinski definition) is 10. The molecule has 4 unspecified atom stereocenters. The van der Waals surface area contributed by atoms with Crippen LogP contribution in [0.15, 0.2) is 0 Å². The van der Waals surface area contributed by atoms with Crippen LogP contribution in [0.1, 0.15) is 33.1 Å². The number of hydrogen-bond acceptors (Lipinski definition) is 10. The molecule has 0 spiro atoms. The molecule has 216 valence electrons. The van der Waals surface area contributed by atoms with Crippen molar-refractivity contribution in [3.8, 4) is 0 Å². The number of rotatable bonds is 18. The van der Waals surface area contributed by atoms with E-state index in [2.05, 4.69) is 39.2 Å². The van der Waals surface area contributed by atoms with Gasteiger partial charge in [-0.05, 0) is 18.8 Å². The molecular weight excluding hydrogens is 526 g/mol. The van der Waals surface area contributed by atoms with Gasteiger partial charge >= 0.3 is 5.97 Å². The Balaban J connectivity index is 4.88. The minimum absolute atomic E-state index is 0.0530.